The van der Waals surface area contributed by atoms with Crippen LogP contribution in [0.15, 0.2) is 34.9 Å². The maximum atomic E-state index is 10.6. The Morgan fingerprint density at radius 1 is 1.55 bits per heavy atom. The first kappa shape index (κ1) is 14.9. The molecule has 1 aromatic heterocycles. The van der Waals surface area contributed by atoms with Gasteiger partial charge >= 0.3 is 5.97 Å². The zero-order chi connectivity index (χ0) is 14.5. The monoisotopic (exact) mass is 312 g/mol. The Labute approximate surface area is 125 Å². The SMILES string of the molecule is N[C@H](CSCc1coc(-c2cccc(Cl)c2)n1)C(=O)O. The molecule has 0 saturated heterocycles. The minimum absolute atomic E-state index is 0.328. The summed E-state index contributed by atoms with van der Waals surface area (Å²) in [7, 11) is 0. The Morgan fingerprint density at radius 3 is 3.05 bits per heavy atom. The van der Waals surface area contributed by atoms with Gasteiger partial charge in [-0.1, -0.05) is 17.7 Å². The number of hydrogen-bond donors (Lipinski definition) is 2. The average Bonchev–Trinajstić information content (AvgIpc) is 2.87. The third kappa shape index (κ3) is 4.00. The summed E-state index contributed by atoms with van der Waals surface area (Å²) >= 11 is 7.31. The largest absolute Gasteiger partial charge is 0.480 e. The summed E-state index contributed by atoms with van der Waals surface area (Å²) in [5.41, 5.74) is 6.95. The summed E-state index contributed by atoms with van der Waals surface area (Å²) < 4.78 is 5.38. The van der Waals surface area contributed by atoms with Gasteiger partial charge in [-0.3, -0.25) is 4.79 Å². The van der Waals surface area contributed by atoms with Gasteiger partial charge in [-0.25, -0.2) is 4.98 Å². The molecule has 1 atom stereocenters. The number of halogens is 1. The van der Waals surface area contributed by atoms with Gasteiger partial charge in [0.25, 0.3) is 0 Å². The Bertz CT molecular complexity index is 603. The Hall–Kier alpha value is -1.50. The lowest BCUT2D eigenvalue weighted by Gasteiger charge is -2.03. The highest BCUT2D eigenvalue weighted by molar-refractivity contribution is 7.98. The zero-order valence-electron chi connectivity index (χ0n) is 10.5. The van der Waals surface area contributed by atoms with Crippen molar-refractivity contribution in [2.45, 2.75) is 11.8 Å². The molecule has 20 heavy (non-hydrogen) atoms. The number of thioether (sulfide) groups is 1. The standard InChI is InChI=1S/C13H13ClN2O3S/c14-9-3-1-2-8(4-9)12-16-10(5-19-12)6-20-7-11(15)13(17)18/h1-5,11H,6-7,15H2,(H,17,18)/t11-/m1/s1. The summed E-state index contributed by atoms with van der Waals surface area (Å²) in [4.78, 5) is 14.9. The second-order valence-corrected chi connectivity index (χ2v) is 5.58. The van der Waals surface area contributed by atoms with Crippen molar-refractivity contribution >= 4 is 29.3 Å². The fourth-order valence-electron chi connectivity index (χ4n) is 1.49. The van der Waals surface area contributed by atoms with Crippen molar-refractivity contribution in [3.8, 4) is 11.5 Å². The molecule has 2 rings (SSSR count). The van der Waals surface area contributed by atoms with Gasteiger partial charge < -0.3 is 15.3 Å². The van der Waals surface area contributed by atoms with Crippen LogP contribution in [0.25, 0.3) is 11.5 Å². The molecule has 0 aliphatic carbocycles. The van der Waals surface area contributed by atoms with Crippen LogP contribution in [0.5, 0.6) is 0 Å². The van der Waals surface area contributed by atoms with E-state index < -0.39 is 12.0 Å². The minimum atomic E-state index is -1.00. The number of aliphatic carboxylic acids is 1. The lowest BCUT2D eigenvalue weighted by atomic mass is 10.2. The summed E-state index contributed by atoms with van der Waals surface area (Å²) in [6.07, 6.45) is 1.55. The summed E-state index contributed by atoms with van der Waals surface area (Å²) in [6, 6.07) is 6.36. The molecular formula is C13H13ClN2O3S. The Kier molecular flexibility index (Phi) is 5.05. The number of aromatic nitrogens is 1. The molecule has 0 fully saturated rings. The van der Waals surface area contributed by atoms with Crippen molar-refractivity contribution in [3.05, 3.63) is 41.2 Å². The predicted octanol–water partition coefficient (Wildman–Crippen LogP) is 2.64. The summed E-state index contributed by atoms with van der Waals surface area (Å²) in [5, 5.41) is 9.29. The van der Waals surface area contributed by atoms with Crippen molar-refractivity contribution in [3.63, 3.8) is 0 Å². The third-order valence-electron chi connectivity index (χ3n) is 2.49. The van der Waals surface area contributed by atoms with Crippen LogP contribution in [-0.2, 0) is 10.5 Å². The number of benzene rings is 1. The van der Waals surface area contributed by atoms with Gasteiger partial charge in [-0.2, -0.15) is 11.8 Å². The summed E-state index contributed by atoms with van der Waals surface area (Å²) in [6.45, 7) is 0. The molecule has 0 saturated carbocycles. The van der Waals surface area contributed by atoms with E-state index in [1.54, 1.807) is 18.4 Å². The van der Waals surface area contributed by atoms with Gasteiger partial charge in [-0.15, -0.1) is 0 Å². The Balaban J connectivity index is 1.94. The maximum absolute atomic E-state index is 10.6. The van der Waals surface area contributed by atoms with E-state index in [9.17, 15) is 4.79 Å². The molecule has 0 spiro atoms. The molecular weight excluding hydrogens is 300 g/mol. The van der Waals surface area contributed by atoms with Crippen molar-refractivity contribution in [2.24, 2.45) is 5.73 Å². The van der Waals surface area contributed by atoms with Crippen molar-refractivity contribution in [1.29, 1.82) is 0 Å². The van der Waals surface area contributed by atoms with E-state index in [4.69, 9.17) is 26.9 Å². The second-order valence-electron chi connectivity index (χ2n) is 4.11. The van der Waals surface area contributed by atoms with Crippen molar-refractivity contribution in [1.82, 2.24) is 4.98 Å². The molecule has 5 nitrogen and oxygen atoms in total. The Morgan fingerprint density at radius 2 is 2.35 bits per heavy atom. The number of rotatable bonds is 6. The van der Waals surface area contributed by atoms with Crippen LogP contribution >= 0.6 is 23.4 Å². The normalized spacial score (nSPS) is 12.3. The zero-order valence-corrected chi connectivity index (χ0v) is 12.0. The van der Waals surface area contributed by atoms with Crippen molar-refractivity contribution < 1.29 is 14.3 Å². The molecule has 0 aliphatic rings. The lowest BCUT2D eigenvalue weighted by Crippen LogP contribution is -2.32. The lowest BCUT2D eigenvalue weighted by molar-refractivity contribution is -0.137. The topological polar surface area (TPSA) is 89.4 Å². The van der Waals surface area contributed by atoms with E-state index in [0.29, 0.717) is 22.4 Å². The first-order valence-electron chi connectivity index (χ1n) is 5.82. The quantitative estimate of drug-likeness (QED) is 0.852. The minimum Gasteiger partial charge on any atom is -0.480 e. The van der Waals surface area contributed by atoms with Gasteiger partial charge in [0.2, 0.25) is 5.89 Å². The van der Waals surface area contributed by atoms with Crippen LogP contribution < -0.4 is 5.73 Å². The number of carbonyl (C=O) groups is 1. The maximum Gasteiger partial charge on any atom is 0.321 e. The van der Waals surface area contributed by atoms with Crippen LogP contribution in [0.2, 0.25) is 5.02 Å². The number of carboxylic acid groups (broad SMARTS) is 1. The molecule has 7 heteroatoms. The number of oxazole rings is 1. The van der Waals surface area contributed by atoms with E-state index in [2.05, 4.69) is 4.98 Å². The number of hydrogen-bond acceptors (Lipinski definition) is 5. The predicted molar refractivity (Wildman–Crippen MR) is 78.7 cm³/mol. The number of nitrogens with two attached hydrogens (primary N) is 1. The first-order valence-corrected chi connectivity index (χ1v) is 7.36. The van der Waals surface area contributed by atoms with E-state index in [1.807, 2.05) is 12.1 Å². The average molecular weight is 313 g/mol. The molecule has 0 radical (unpaired) electrons. The molecule has 0 amide bonds. The smallest absolute Gasteiger partial charge is 0.321 e. The van der Waals surface area contributed by atoms with E-state index in [-0.39, 0.29) is 0 Å². The molecule has 1 aromatic carbocycles. The van der Waals surface area contributed by atoms with Crippen LogP contribution in [0.4, 0.5) is 0 Å². The molecule has 2 aromatic rings. The highest BCUT2D eigenvalue weighted by atomic mass is 35.5. The van der Waals surface area contributed by atoms with Crippen LogP contribution in [0.1, 0.15) is 5.69 Å². The van der Waals surface area contributed by atoms with E-state index in [1.165, 1.54) is 11.8 Å². The second kappa shape index (κ2) is 6.78. The van der Waals surface area contributed by atoms with Crippen LogP contribution in [0.3, 0.4) is 0 Å². The molecule has 0 unspecified atom stereocenters. The number of nitrogens with zero attached hydrogens (tertiary/aromatic N) is 1. The molecule has 0 aliphatic heterocycles. The third-order valence-corrected chi connectivity index (χ3v) is 3.82. The van der Waals surface area contributed by atoms with Gasteiger partial charge in [0.15, 0.2) is 0 Å². The van der Waals surface area contributed by atoms with Gasteiger partial charge in [0.05, 0.1) is 5.69 Å². The van der Waals surface area contributed by atoms with Gasteiger partial charge in [-0.05, 0) is 18.2 Å². The van der Waals surface area contributed by atoms with Crippen LogP contribution in [-0.4, -0.2) is 27.9 Å². The fraction of sp³-hybridized carbons (Fsp3) is 0.231. The fourth-order valence-corrected chi connectivity index (χ4v) is 2.54. The molecule has 3 N–H and O–H groups in total. The molecule has 1 heterocycles. The highest BCUT2D eigenvalue weighted by Gasteiger charge is 2.12. The van der Waals surface area contributed by atoms with E-state index in [0.717, 1.165) is 11.3 Å². The number of carboxylic acids is 1. The molecule has 106 valence electrons. The van der Waals surface area contributed by atoms with Crippen molar-refractivity contribution in [2.75, 3.05) is 5.75 Å². The van der Waals surface area contributed by atoms with Crippen LogP contribution in [0, 0.1) is 0 Å². The van der Waals surface area contributed by atoms with Gasteiger partial charge in [0.1, 0.15) is 12.3 Å². The summed E-state index contributed by atoms with van der Waals surface area (Å²) in [5.74, 6) is 0.364. The van der Waals surface area contributed by atoms with Gasteiger partial charge in [0, 0.05) is 22.1 Å². The highest BCUT2D eigenvalue weighted by Crippen LogP contribution is 2.23. The first-order chi connectivity index (χ1) is 9.56. The van der Waals surface area contributed by atoms with E-state index >= 15 is 0 Å². The molecule has 0 bridgehead atoms.